The van der Waals surface area contributed by atoms with Crippen LogP contribution < -0.4 is 10.2 Å². The number of aryl methyl sites for hydroxylation is 2. The van der Waals surface area contributed by atoms with Crippen molar-refractivity contribution in [1.29, 1.82) is 0 Å². The molecule has 3 N–H and O–H groups in total. The lowest BCUT2D eigenvalue weighted by Gasteiger charge is -2.25. The highest BCUT2D eigenvalue weighted by atomic mass is 35.5. The second kappa shape index (κ2) is 10.5. The lowest BCUT2D eigenvalue weighted by atomic mass is 10.0. The van der Waals surface area contributed by atoms with Crippen LogP contribution in [0.25, 0.3) is 0 Å². The van der Waals surface area contributed by atoms with Crippen molar-refractivity contribution in [2.45, 2.75) is 32.8 Å². The van der Waals surface area contributed by atoms with Crippen LogP contribution in [0, 0.1) is 13.8 Å². The van der Waals surface area contributed by atoms with Gasteiger partial charge in [-0.25, -0.2) is 4.57 Å². The third kappa shape index (κ3) is 6.03. The van der Waals surface area contributed by atoms with E-state index in [9.17, 15) is 23.9 Å². The molecule has 0 aliphatic carbocycles. The third-order valence-corrected chi connectivity index (χ3v) is 6.78. The second-order valence-corrected chi connectivity index (χ2v) is 10.4. The molecule has 188 valence electrons. The number of anilines is 2. The van der Waals surface area contributed by atoms with E-state index in [0.29, 0.717) is 58.0 Å². The van der Waals surface area contributed by atoms with Crippen LogP contribution in [0.1, 0.15) is 56.4 Å². The van der Waals surface area contributed by atoms with E-state index in [0.717, 1.165) is 5.56 Å². The smallest absolute Gasteiger partial charge is 0.322 e. The van der Waals surface area contributed by atoms with Gasteiger partial charge < -0.3 is 20.0 Å². The van der Waals surface area contributed by atoms with Gasteiger partial charge in [-0.1, -0.05) is 29.3 Å². The van der Waals surface area contributed by atoms with Gasteiger partial charge >= 0.3 is 7.82 Å². The number of rotatable bonds is 5. The molecule has 3 aromatic rings. The molecular formula is C26H26ClN2O6P. The average Bonchev–Trinajstić information content (AvgIpc) is 2.97. The van der Waals surface area contributed by atoms with E-state index in [2.05, 4.69) is 5.32 Å². The molecule has 10 heteroatoms. The highest BCUT2D eigenvalue weighted by Crippen LogP contribution is 2.47. The normalized spacial score (nSPS) is 15.7. The molecule has 0 fully saturated rings. The van der Waals surface area contributed by atoms with Gasteiger partial charge in [0.05, 0.1) is 6.10 Å². The van der Waals surface area contributed by atoms with Crippen LogP contribution in [0.3, 0.4) is 0 Å². The van der Waals surface area contributed by atoms with Crippen LogP contribution in [-0.4, -0.2) is 28.1 Å². The molecule has 2 amide bonds. The van der Waals surface area contributed by atoms with Gasteiger partial charge in [-0.3, -0.25) is 14.1 Å². The number of amides is 2. The molecule has 0 aromatic heterocycles. The highest BCUT2D eigenvalue weighted by molar-refractivity contribution is 7.46. The third-order valence-electron chi connectivity index (χ3n) is 6.01. The summed E-state index contributed by atoms with van der Waals surface area (Å²) < 4.78 is 16.6. The van der Waals surface area contributed by atoms with Gasteiger partial charge in [0.1, 0.15) is 0 Å². The molecular weight excluding hydrogens is 503 g/mol. The first-order valence-corrected chi connectivity index (χ1v) is 13.3. The van der Waals surface area contributed by atoms with Gasteiger partial charge in [-0.15, -0.1) is 0 Å². The Bertz CT molecular complexity index is 1360. The first-order valence-electron chi connectivity index (χ1n) is 11.4. The lowest BCUT2D eigenvalue weighted by Crippen LogP contribution is -2.32. The molecule has 36 heavy (non-hydrogen) atoms. The number of phosphoric acid groups is 1. The molecule has 1 unspecified atom stereocenters. The molecule has 1 aliphatic rings. The maximum Gasteiger partial charge on any atom is 0.470 e. The highest BCUT2D eigenvalue weighted by Gasteiger charge is 2.32. The van der Waals surface area contributed by atoms with E-state index in [1.807, 2.05) is 19.1 Å². The molecule has 3 aromatic carbocycles. The van der Waals surface area contributed by atoms with Crippen molar-refractivity contribution in [3.63, 3.8) is 0 Å². The van der Waals surface area contributed by atoms with Crippen molar-refractivity contribution in [2.75, 3.05) is 16.8 Å². The minimum atomic E-state index is -4.76. The van der Waals surface area contributed by atoms with Crippen molar-refractivity contribution < 1.29 is 28.5 Å². The fraction of sp³-hybridized carbons (Fsp3) is 0.231. The van der Waals surface area contributed by atoms with Gasteiger partial charge in [0.2, 0.25) is 0 Å². The van der Waals surface area contributed by atoms with Gasteiger partial charge in [0.15, 0.2) is 0 Å². The number of fused-ring (bicyclic) bond motifs is 1. The summed E-state index contributed by atoms with van der Waals surface area (Å²) in [6, 6.07) is 17.1. The number of hydrogen-bond acceptors (Lipinski definition) is 4. The first-order chi connectivity index (χ1) is 17.0. The van der Waals surface area contributed by atoms with E-state index in [-0.39, 0.29) is 11.8 Å². The Morgan fingerprint density at radius 3 is 2.44 bits per heavy atom. The molecule has 0 radical (unpaired) electrons. The number of carbonyl (C=O) groups excluding carboxylic acids is 2. The Morgan fingerprint density at radius 2 is 1.78 bits per heavy atom. The zero-order valence-corrected chi connectivity index (χ0v) is 21.4. The second-order valence-electron chi connectivity index (χ2n) is 8.74. The molecule has 1 atom stereocenters. The summed E-state index contributed by atoms with van der Waals surface area (Å²) in [6.07, 6.45) is -0.129. The Hall–Kier alpha value is -3.00. The number of nitrogens with one attached hydrogen (secondary N) is 1. The number of nitrogens with zero attached hydrogens (tertiary/aromatic N) is 1. The SMILES string of the molecule is Cc1ccc(C(=O)Nc2ccc(C(=O)N3CCCC(OP(=O)(O)O)c4cc(Cl)ccc43)c(C)c2)cc1. The summed E-state index contributed by atoms with van der Waals surface area (Å²) in [5.74, 6) is -0.521. The molecule has 0 spiro atoms. The predicted octanol–water partition coefficient (Wildman–Crippen LogP) is 5.80. The molecule has 1 aliphatic heterocycles. The van der Waals surface area contributed by atoms with Crippen molar-refractivity contribution >= 4 is 42.6 Å². The fourth-order valence-electron chi connectivity index (χ4n) is 4.26. The van der Waals surface area contributed by atoms with Gasteiger partial charge in [0, 0.05) is 39.6 Å². The minimum absolute atomic E-state index is 0.247. The summed E-state index contributed by atoms with van der Waals surface area (Å²) in [6.45, 7) is 4.07. The number of phosphoric ester groups is 1. The summed E-state index contributed by atoms with van der Waals surface area (Å²) in [7, 11) is -4.76. The molecule has 1 heterocycles. The average molecular weight is 529 g/mol. The van der Waals surface area contributed by atoms with Gasteiger partial charge in [-0.05, 0) is 80.8 Å². The lowest BCUT2D eigenvalue weighted by molar-refractivity contribution is 0.0984. The molecule has 0 saturated heterocycles. The Morgan fingerprint density at radius 1 is 1.06 bits per heavy atom. The largest absolute Gasteiger partial charge is 0.470 e. The zero-order chi connectivity index (χ0) is 26.0. The fourth-order valence-corrected chi connectivity index (χ4v) is 4.99. The van der Waals surface area contributed by atoms with Crippen LogP contribution in [-0.2, 0) is 9.09 Å². The number of hydrogen-bond donors (Lipinski definition) is 3. The van der Waals surface area contributed by atoms with Crippen molar-refractivity contribution in [2.24, 2.45) is 0 Å². The quantitative estimate of drug-likeness (QED) is 0.360. The van der Waals surface area contributed by atoms with E-state index in [4.69, 9.17) is 16.1 Å². The topological polar surface area (TPSA) is 116 Å². The maximum absolute atomic E-state index is 13.6. The zero-order valence-electron chi connectivity index (χ0n) is 19.8. The number of carbonyl (C=O) groups is 2. The van der Waals surface area contributed by atoms with Crippen LogP contribution in [0.15, 0.2) is 60.7 Å². The van der Waals surface area contributed by atoms with Crippen LogP contribution in [0.5, 0.6) is 0 Å². The first kappa shape index (κ1) is 26.1. The van der Waals surface area contributed by atoms with E-state index in [1.54, 1.807) is 60.4 Å². The molecule has 4 rings (SSSR count). The van der Waals surface area contributed by atoms with Crippen LogP contribution in [0.4, 0.5) is 11.4 Å². The van der Waals surface area contributed by atoms with E-state index < -0.39 is 13.9 Å². The number of halogens is 1. The Balaban J connectivity index is 1.60. The van der Waals surface area contributed by atoms with Crippen molar-refractivity contribution in [3.8, 4) is 0 Å². The van der Waals surface area contributed by atoms with Crippen LogP contribution >= 0.6 is 19.4 Å². The Kier molecular flexibility index (Phi) is 7.64. The Labute approximate surface area is 214 Å². The maximum atomic E-state index is 13.6. The molecule has 0 saturated carbocycles. The summed E-state index contributed by atoms with van der Waals surface area (Å²) in [4.78, 5) is 46.5. The van der Waals surface area contributed by atoms with Crippen LogP contribution in [0.2, 0.25) is 5.02 Å². The molecule has 8 nitrogen and oxygen atoms in total. The van der Waals surface area contributed by atoms with E-state index >= 15 is 0 Å². The summed E-state index contributed by atoms with van der Waals surface area (Å²) in [5.41, 5.74) is 4.19. The standard InChI is InChI=1S/C26H26ClN2O6P/c1-16-5-7-18(8-6-16)25(30)28-20-10-11-21(17(2)14-20)26(31)29-13-3-4-24(35-36(32,33)34)22-15-19(27)9-12-23(22)29/h5-12,14-15,24H,3-4,13H2,1-2H3,(H,28,30)(H2,32,33,34). The molecule has 0 bridgehead atoms. The summed E-state index contributed by atoms with van der Waals surface area (Å²) in [5, 5.41) is 3.22. The van der Waals surface area contributed by atoms with E-state index in [1.165, 1.54) is 0 Å². The predicted molar refractivity (Wildman–Crippen MR) is 139 cm³/mol. The van der Waals surface area contributed by atoms with Gasteiger partial charge in [-0.2, -0.15) is 0 Å². The van der Waals surface area contributed by atoms with Crippen molar-refractivity contribution in [3.05, 3.63) is 93.5 Å². The number of benzene rings is 3. The minimum Gasteiger partial charge on any atom is -0.322 e. The van der Waals surface area contributed by atoms with Gasteiger partial charge in [0.25, 0.3) is 11.8 Å². The monoisotopic (exact) mass is 528 g/mol. The summed E-state index contributed by atoms with van der Waals surface area (Å²) >= 11 is 6.16. The van der Waals surface area contributed by atoms with Crippen molar-refractivity contribution in [1.82, 2.24) is 0 Å².